The van der Waals surface area contributed by atoms with Crippen molar-refractivity contribution in [2.45, 2.75) is 46.1 Å². The van der Waals surface area contributed by atoms with Crippen molar-refractivity contribution in [1.82, 2.24) is 10.2 Å². The van der Waals surface area contributed by atoms with E-state index >= 15 is 0 Å². The molecule has 1 saturated heterocycles. The van der Waals surface area contributed by atoms with Gasteiger partial charge in [-0.1, -0.05) is 26.0 Å². The molecule has 1 aromatic rings. The van der Waals surface area contributed by atoms with Crippen LogP contribution < -0.4 is 15.4 Å². The second-order valence-corrected chi connectivity index (χ2v) is 7.72. The van der Waals surface area contributed by atoms with E-state index in [1.165, 1.54) is 0 Å². The zero-order valence-corrected chi connectivity index (χ0v) is 17.8. The van der Waals surface area contributed by atoms with Gasteiger partial charge in [-0.25, -0.2) is 4.79 Å². The number of rotatable bonds is 10. The van der Waals surface area contributed by atoms with Crippen LogP contribution in [0.3, 0.4) is 0 Å². The molecule has 0 bridgehead atoms. The molecule has 164 valence electrons. The number of imide groups is 1. The smallest absolute Gasteiger partial charge is 0.326 e. The van der Waals surface area contributed by atoms with Crippen molar-refractivity contribution in [3.8, 4) is 5.75 Å². The third-order valence-corrected chi connectivity index (χ3v) is 4.68. The number of carbonyl (C=O) groups is 4. The van der Waals surface area contributed by atoms with Crippen LogP contribution in [0.4, 0.5) is 10.5 Å². The Morgan fingerprint density at radius 2 is 1.93 bits per heavy atom. The highest BCUT2D eigenvalue weighted by atomic mass is 16.5. The predicted molar refractivity (Wildman–Crippen MR) is 110 cm³/mol. The van der Waals surface area contributed by atoms with Crippen molar-refractivity contribution in [3.63, 3.8) is 0 Å². The van der Waals surface area contributed by atoms with Gasteiger partial charge in [-0.2, -0.15) is 0 Å². The van der Waals surface area contributed by atoms with E-state index in [0.29, 0.717) is 30.4 Å². The van der Waals surface area contributed by atoms with Crippen molar-refractivity contribution in [1.29, 1.82) is 0 Å². The second-order valence-electron chi connectivity index (χ2n) is 7.72. The van der Waals surface area contributed by atoms with Gasteiger partial charge in [0.05, 0.1) is 12.3 Å². The van der Waals surface area contributed by atoms with Crippen LogP contribution in [0.15, 0.2) is 24.3 Å². The summed E-state index contributed by atoms with van der Waals surface area (Å²) in [6.45, 7) is 6.85. The van der Waals surface area contributed by atoms with E-state index in [9.17, 15) is 19.2 Å². The van der Waals surface area contributed by atoms with Crippen molar-refractivity contribution in [2.24, 2.45) is 5.92 Å². The van der Waals surface area contributed by atoms with E-state index in [4.69, 9.17) is 9.47 Å². The number of hydrogen-bond acceptors (Lipinski definition) is 6. The molecular formula is C21H29N3O6. The third kappa shape index (κ3) is 5.95. The number of nitrogens with zero attached hydrogens (tertiary/aromatic N) is 1. The first-order valence-electron chi connectivity index (χ1n) is 9.97. The number of anilines is 1. The van der Waals surface area contributed by atoms with Gasteiger partial charge in [0.1, 0.15) is 17.8 Å². The highest BCUT2D eigenvalue weighted by molar-refractivity contribution is 6.08. The number of para-hydroxylation sites is 2. The predicted octanol–water partition coefficient (Wildman–Crippen LogP) is 2.31. The SMILES string of the molecule is CCOc1ccccc1NC(=O)COC(=O)CN1C(=O)N[C@@](C)(CCC(C)C)C1=O. The fourth-order valence-corrected chi connectivity index (χ4v) is 3.00. The molecule has 9 heteroatoms. The standard InChI is InChI=1S/C21H29N3O6/c1-5-29-16-9-7-6-8-15(16)22-17(25)13-30-18(26)12-24-19(27)21(4,23-20(24)28)11-10-14(2)3/h6-9,14H,5,10-13H2,1-4H3,(H,22,25)(H,23,28)/t21-/m0/s1. The van der Waals surface area contributed by atoms with Crippen LogP contribution in [0, 0.1) is 5.92 Å². The zero-order valence-electron chi connectivity index (χ0n) is 17.8. The molecule has 1 fully saturated rings. The highest BCUT2D eigenvalue weighted by Crippen LogP contribution is 2.25. The Bertz CT molecular complexity index is 810. The van der Waals surface area contributed by atoms with Gasteiger partial charge < -0.3 is 20.1 Å². The Labute approximate surface area is 176 Å². The minimum atomic E-state index is -1.04. The van der Waals surface area contributed by atoms with Gasteiger partial charge in [0.2, 0.25) is 0 Å². The molecule has 0 saturated carbocycles. The summed E-state index contributed by atoms with van der Waals surface area (Å²) in [6.07, 6.45) is 1.23. The average molecular weight is 419 g/mol. The summed E-state index contributed by atoms with van der Waals surface area (Å²) in [5.74, 6) is -1.01. The summed E-state index contributed by atoms with van der Waals surface area (Å²) < 4.78 is 10.4. The molecule has 1 aromatic carbocycles. The molecule has 4 amide bonds. The van der Waals surface area contributed by atoms with Gasteiger partial charge in [0.25, 0.3) is 11.8 Å². The largest absolute Gasteiger partial charge is 0.492 e. The Balaban J connectivity index is 1.86. The van der Waals surface area contributed by atoms with Crippen LogP contribution >= 0.6 is 0 Å². The van der Waals surface area contributed by atoms with Crippen molar-refractivity contribution >= 4 is 29.5 Å². The summed E-state index contributed by atoms with van der Waals surface area (Å²) >= 11 is 0. The van der Waals surface area contributed by atoms with Gasteiger partial charge in [-0.15, -0.1) is 0 Å². The monoisotopic (exact) mass is 419 g/mol. The van der Waals surface area contributed by atoms with Crippen LogP contribution in [-0.2, 0) is 19.1 Å². The number of carbonyl (C=O) groups excluding carboxylic acids is 4. The molecule has 1 atom stereocenters. The normalized spacial score (nSPS) is 18.4. The van der Waals surface area contributed by atoms with Crippen molar-refractivity contribution in [2.75, 3.05) is 25.1 Å². The van der Waals surface area contributed by atoms with Gasteiger partial charge >= 0.3 is 12.0 Å². The van der Waals surface area contributed by atoms with E-state index in [1.807, 2.05) is 20.8 Å². The van der Waals surface area contributed by atoms with Crippen molar-refractivity contribution in [3.05, 3.63) is 24.3 Å². The number of ether oxygens (including phenoxy) is 2. The van der Waals surface area contributed by atoms with Crippen LogP contribution in [0.2, 0.25) is 0 Å². The lowest BCUT2D eigenvalue weighted by atomic mass is 9.92. The van der Waals surface area contributed by atoms with Crippen LogP contribution in [0.5, 0.6) is 5.75 Å². The molecule has 30 heavy (non-hydrogen) atoms. The first kappa shape index (κ1) is 23.2. The highest BCUT2D eigenvalue weighted by Gasteiger charge is 2.48. The Kier molecular flexibility index (Phi) is 7.79. The van der Waals surface area contributed by atoms with Crippen LogP contribution in [0.25, 0.3) is 0 Å². The molecule has 2 rings (SSSR count). The summed E-state index contributed by atoms with van der Waals surface area (Å²) in [5.41, 5.74) is -0.586. The molecule has 1 aliphatic heterocycles. The van der Waals surface area contributed by atoms with Gasteiger partial charge in [-0.05, 0) is 44.7 Å². The van der Waals surface area contributed by atoms with E-state index in [1.54, 1.807) is 31.2 Å². The maximum atomic E-state index is 12.6. The maximum Gasteiger partial charge on any atom is 0.326 e. The molecule has 0 unspecified atom stereocenters. The molecule has 1 aliphatic rings. The number of esters is 1. The van der Waals surface area contributed by atoms with E-state index in [-0.39, 0.29) is 0 Å². The van der Waals surface area contributed by atoms with E-state index in [2.05, 4.69) is 10.6 Å². The molecule has 0 aromatic heterocycles. The fourth-order valence-electron chi connectivity index (χ4n) is 3.00. The number of amides is 4. The number of nitrogens with one attached hydrogen (secondary N) is 2. The second kappa shape index (κ2) is 10.1. The third-order valence-electron chi connectivity index (χ3n) is 4.68. The van der Waals surface area contributed by atoms with E-state index < -0.39 is 42.5 Å². The average Bonchev–Trinajstić information content (AvgIpc) is 2.90. The summed E-state index contributed by atoms with van der Waals surface area (Å²) in [7, 11) is 0. The zero-order chi connectivity index (χ0) is 22.3. The fraction of sp³-hybridized carbons (Fsp3) is 0.524. The first-order chi connectivity index (χ1) is 14.2. The van der Waals surface area contributed by atoms with E-state index in [0.717, 1.165) is 11.3 Å². The molecule has 0 radical (unpaired) electrons. The van der Waals surface area contributed by atoms with Crippen LogP contribution in [-0.4, -0.2) is 54.0 Å². The number of urea groups is 1. The Hall–Kier alpha value is -3.10. The molecule has 0 spiro atoms. The lowest BCUT2D eigenvalue weighted by molar-refractivity contribution is -0.150. The van der Waals surface area contributed by atoms with Crippen molar-refractivity contribution < 1.29 is 28.7 Å². The van der Waals surface area contributed by atoms with Gasteiger partial charge in [0.15, 0.2) is 6.61 Å². The Morgan fingerprint density at radius 3 is 2.60 bits per heavy atom. The van der Waals surface area contributed by atoms with Gasteiger partial charge in [0, 0.05) is 0 Å². The summed E-state index contributed by atoms with van der Waals surface area (Å²) in [4.78, 5) is 49.8. The lowest BCUT2D eigenvalue weighted by Crippen LogP contribution is -2.44. The molecule has 9 nitrogen and oxygen atoms in total. The number of benzene rings is 1. The summed E-state index contributed by atoms with van der Waals surface area (Å²) in [6, 6.07) is 6.24. The molecular weight excluding hydrogens is 390 g/mol. The van der Waals surface area contributed by atoms with Crippen LogP contribution in [0.1, 0.15) is 40.5 Å². The number of hydrogen-bond donors (Lipinski definition) is 2. The Morgan fingerprint density at radius 1 is 1.23 bits per heavy atom. The minimum absolute atomic E-state index is 0.372. The molecule has 2 N–H and O–H groups in total. The minimum Gasteiger partial charge on any atom is -0.492 e. The topological polar surface area (TPSA) is 114 Å². The molecule has 1 heterocycles. The lowest BCUT2D eigenvalue weighted by Gasteiger charge is -2.22. The maximum absolute atomic E-state index is 12.6. The first-order valence-corrected chi connectivity index (χ1v) is 9.97. The summed E-state index contributed by atoms with van der Waals surface area (Å²) in [5, 5.41) is 5.24. The van der Waals surface area contributed by atoms with Gasteiger partial charge in [-0.3, -0.25) is 19.3 Å². The molecule has 0 aliphatic carbocycles. The quantitative estimate of drug-likeness (QED) is 0.444.